The van der Waals surface area contributed by atoms with Crippen molar-refractivity contribution in [2.24, 2.45) is 11.5 Å². The summed E-state index contributed by atoms with van der Waals surface area (Å²) in [6, 6.07) is -0.889. The van der Waals surface area contributed by atoms with Crippen LogP contribution in [0, 0.1) is 0 Å². The van der Waals surface area contributed by atoms with Crippen LogP contribution in [0.2, 0.25) is 0 Å². The average Bonchev–Trinajstić information content (AvgIpc) is 2.12. The van der Waals surface area contributed by atoms with Gasteiger partial charge in [-0.3, -0.25) is 4.79 Å². The highest BCUT2D eigenvalue weighted by atomic mass is 16.6. The van der Waals surface area contributed by atoms with Crippen LogP contribution in [-0.2, 0) is 14.3 Å². The molecule has 6 nitrogen and oxygen atoms in total. The Kier molecular flexibility index (Phi) is 6.02. The molecule has 2 atom stereocenters. The number of ether oxygens (including phenoxy) is 1. The van der Waals surface area contributed by atoms with Gasteiger partial charge in [-0.05, 0) is 12.8 Å². The van der Waals surface area contributed by atoms with Gasteiger partial charge < -0.3 is 21.3 Å². The summed E-state index contributed by atoms with van der Waals surface area (Å²) in [6.45, 7) is 1.24. The topological polar surface area (TPSA) is 116 Å². The SMILES string of the molecule is CC(=O)OC(=O)[C@@H](N)CC[C@@H](O)CN. The summed E-state index contributed by atoms with van der Waals surface area (Å²) in [6.07, 6.45) is -0.124. The number of aliphatic hydroxyl groups is 1. The number of aliphatic hydroxyl groups excluding tert-OH is 1. The molecule has 0 aromatic carbocycles. The second-order valence-corrected chi connectivity index (χ2v) is 2.99. The molecule has 0 radical (unpaired) electrons. The van der Waals surface area contributed by atoms with Crippen molar-refractivity contribution in [3.05, 3.63) is 0 Å². The van der Waals surface area contributed by atoms with E-state index < -0.39 is 24.1 Å². The molecule has 0 saturated carbocycles. The molecular weight excluding hydrogens is 188 g/mol. The second kappa shape index (κ2) is 6.47. The van der Waals surface area contributed by atoms with E-state index in [1.54, 1.807) is 0 Å². The van der Waals surface area contributed by atoms with Crippen LogP contribution < -0.4 is 11.5 Å². The first kappa shape index (κ1) is 13.0. The van der Waals surface area contributed by atoms with Crippen molar-refractivity contribution in [2.75, 3.05) is 6.54 Å². The molecule has 0 aromatic heterocycles. The fourth-order valence-electron chi connectivity index (χ4n) is 0.825. The Labute approximate surface area is 82.2 Å². The second-order valence-electron chi connectivity index (χ2n) is 2.99. The monoisotopic (exact) mass is 204 g/mol. The Hall–Kier alpha value is -0.980. The zero-order chi connectivity index (χ0) is 11.1. The fraction of sp³-hybridized carbons (Fsp3) is 0.750. The molecule has 0 spiro atoms. The van der Waals surface area contributed by atoms with E-state index in [2.05, 4.69) is 4.74 Å². The quantitative estimate of drug-likeness (QED) is 0.371. The molecule has 0 amide bonds. The minimum atomic E-state index is -0.889. The van der Waals surface area contributed by atoms with Crippen LogP contribution in [0.1, 0.15) is 19.8 Å². The minimum Gasteiger partial charge on any atom is -0.392 e. The van der Waals surface area contributed by atoms with Gasteiger partial charge in [-0.2, -0.15) is 0 Å². The molecule has 0 unspecified atom stereocenters. The predicted molar refractivity (Wildman–Crippen MR) is 49.0 cm³/mol. The van der Waals surface area contributed by atoms with Gasteiger partial charge in [-0.1, -0.05) is 0 Å². The van der Waals surface area contributed by atoms with Crippen LogP contribution in [0.4, 0.5) is 0 Å². The third-order valence-electron chi connectivity index (χ3n) is 1.63. The van der Waals surface area contributed by atoms with Crippen molar-refractivity contribution in [3.8, 4) is 0 Å². The van der Waals surface area contributed by atoms with Gasteiger partial charge in [0.25, 0.3) is 0 Å². The van der Waals surface area contributed by atoms with E-state index in [1.165, 1.54) is 0 Å². The molecule has 5 N–H and O–H groups in total. The number of nitrogens with two attached hydrogens (primary N) is 2. The molecule has 6 heteroatoms. The summed E-state index contributed by atoms with van der Waals surface area (Å²) in [5.41, 5.74) is 10.5. The highest BCUT2D eigenvalue weighted by Gasteiger charge is 2.17. The van der Waals surface area contributed by atoms with E-state index in [4.69, 9.17) is 16.6 Å². The molecule has 0 heterocycles. The Balaban J connectivity index is 3.78. The van der Waals surface area contributed by atoms with Crippen LogP contribution in [0.3, 0.4) is 0 Å². The summed E-state index contributed by atoms with van der Waals surface area (Å²) in [7, 11) is 0. The third kappa shape index (κ3) is 5.63. The molecule has 0 rings (SSSR count). The molecule has 0 aliphatic heterocycles. The van der Waals surface area contributed by atoms with E-state index >= 15 is 0 Å². The van der Waals surface area contributed by atoms with Crippen LogP contribution in [0.5, 0.6) is 0 Å². The Morgan fingerprint density at radius 3 is 2.43 bits per heavy atom. The standard InChI is InChI=1S/C8H16N2O4/c1-5(11)14-8(13)7(10)3-2-6(12)4-9/h6-7,12H,2-4,9-10H2,1H3/t6-,7+/m1/s1. The minimum absolute atomic E-state index is 0.120. The van der Waals surface area contributed by atoms with Gasteiger partial charge in [0, 0.05) is 13.5 Å². The number of esters is 2. The van der Waals surface area contributed by atoms with E-state index in [0.717, 1.165) is 6.92 Å². The first-order chi connectivity index (χ1) is 6.47. The Morgan fingerprint density at radius 1 is 1.43 bits per heavy atom. The highest BCUT2D eigenvalue weighted by molar-refractivity contribution is 5.87. The summed E-state index contributed by atoms with van der Waals surface area (Å²) in [5, 5.41) is 9.07. The van der Waals surface area contributed by atoms with Gasteiger partial charge >= 0.3 is 11.9 Å². The first-order valence-corrected chi connectivity index (χ1v) is 4.33. The maximum absolute atomic E-state index is 11.0. The summed E-state index contributed by atoms with van der Waals surface area (Å²) < 4.78 is 4.26. The lowest BCUT2D eigenvalue weighted by Crippen LogP contribution is -2.35. The molecule has 0 fully saturated rings. The maximum atomic E-state index is 11.0. The highest BCUT2D eigenvalue weighted by Crippen LogP contribution is 2.00. The molecule has 0 aliphatic carbocycles. The molecule has 82 valence electrons. The molecular formula is C8H16N2O4. The van der Waals surface area contributed by atoms with Crippen molar-refractivity contribution < 1.29 is 19.4 Å². The van der Waals surface area contributed by atoms with Crippen molar-refractivity contribution in [1.82, 2.24) is 0 Å². The van der Waals surface area contributed by atoms with E-state index in [1.807, 2.05) is 0 Å². The largest absolute Gasteiger partial charge is 0.392 e. The number of carbonyl (C=O) groups excluding carboxylic acids is 2. The Morgan fingerprint density at radius 2 is 2.00 bits per heavy atom. The molecule has 14 heavy (non-hydrogen) atoms. The van der Waals surface area contributed by atoms with Crippen molar-refractivity contribution in [2.45, 2.75) is 31.9 Å². The summed E-state index contributed by atoms with van der Waals surface area (Å²) in [5.74, 6) is -1.47. The van der Waals surface area contributed by atoms with Crippen molar-refractivity contribution in [1.29, 1.82) is 0 Å². The van der Waals surface area contributed by atoms with Gasteiger partial charge in [-0.25, -0.2) is 4.79 Å². The van der Waals surface area contributed by atoms with Crippen LogP contribution >= 0.6 is 0 Å². The number of carbonyl (C=O) groups is 2. The van der Waals surface area contributed by atoms with Gasteiger partial charge in [0.2, 0.25) is 0 Å². The van der Waals surface area contributed by atoms with Crippen molar-refractivity contribution in [3.63, 3.8) is 0 Å². The fourth-order valence-corrected chi connectivity index (χ4v) is 0.825. The first-order valence-electron chi connectivity index (χ1n) is 4.33. The van der Waals surface area contributed by atoms with Crippen LogP contribution in [0.15, 0.2) is 0 Å². The molecule has 0 bridgehead atoms. The zero-order valence-electron chi connectivity index (χ0n) is 8.10. The number of rotatable bonds is 5. The van der Waals surface area contributed by atoms with E-state index in [0.29, 0.717) is 6.42 Å². The van der Waals surface area contributed by atoms with Gasteiger partial charge in [-0.15, -0.1) is 0 Å². The lowest BCUT2D eigenvalue weighted by atomic mass is 10.1. The lowest BCUT2D eigenvalue weighted by molar-refractivity contribution is -0.159. The lowest BCUT2D eigenvalue weighted by Gasteiger charge is -2.11. The Bertz CT molecular complexity index is 208. The average molecular weight is 204 g/mol. The van der Waals surface area contributed by atoms with Crippen LogP contribution in [0.25, 0.3) is 0 Å². The van der Waals surface area contributed by atoms with Gasteiger partial charge in [0.05, 0.1) is 6.10 Å². The maximum Gasteiger partial charge on any atom is 0.330 e. The van der Waals surface area contributed by atoms with Crippen molar-refractivity contribution >= 4 is 11.9 Å². The summed E-state index contributed by atoms with van der Waals surface area (Å²) in [4.78, 5) is 21.4. The number of hydrogen-bond acceptors (Lipinski definition) is 6. The molecule has 0 saturated heterocycles. The third-order valence-corrected chi connectivity index (χ3v) is 1.63. The molecule has 0 aromatic rings. The van der Waals surface area contributed by atoms with Gasteiger partial charge in [0.1, 0.15) is 6.04 Å². The van der Waals surface area contributed by atoms with Gasteiger partial charge in [0.15, 0.2) is 0 Å². The smallest absolute Gasteiger partial charge is 0.330 e. The predicted octanol–water partition coefficient (Wildman–Crippen LogP) is -1.50. The van der Waals surface area contributed by atoms with E-state index in [9.17, 15) is 9.59 Å². The summed E-state index contributed by atoms with van der Waals surface area (Å²) >= 11 is 0. The van der Waals surface area contributed by atoms with Crippen LogP contribution in [-0.4, -0.2) is 35.7 Å². The zero-order valence-corrected chi connectivity index (χ0v) is 8.10. The number of hydrogen-bond donors (Lipinski definition) is 3. The normalized spacial score (nSPS) is 14.6. The molecule has 0 aliphatic rings. The van der Waals surface area contributed by atoms with E-state index in [-0.39, 0.29) is 13.0 Å².